The molecule has 1 atom stereocenters. The van der Waals surface area contributed by atoms with Gasteiger partial charge >= 0.3 is 203 Å². The van der Waals surface area contributed by atoms with E-state index < -0.39 is 5.60 Å². The molecule has 1 fully saturated rings. The predicted molar refractivity (Wildman–Crippen MR) is 138 cm³/mol. The molecule has 0 aromatic heterocycles. The molecule has 1 nitrogen and oxygen atoms in total. The Bertz CT molecular complexity index is 1210. The van der Waals surface area contributed by atoms with Crippen LogP contribution in [-0.4, -0.2) is 20.1 Å². The van der Waals surface area contributed by atoms with Crippen molar-refractivity contribution in [3.8, 4) is 0 Å². The normalized spacial score (nSPS) is 17.0. The van der Waals surface area contributed by atoms with Gasteiger partial charge in [-0.05, 0) is 0 Å². The van der Waals surface area contributed by atoms with Gasteiger partial charge in [0.1, 0.15) is 0 Å². The molecule has 0 heterocycles. The molecule has 0 aliphatic heterocycles. The summed E-state index contributed by atoms with van der Waals surface area (Å²) in [6.07, 6.45) is 1.01. The minimum absolute atomic E-state index is 0.00928. The summed E-state index contributed by atoms with van der Waals surface area (Å²) in [6, 6.07) is 38.1. The second-order valence-electron chi connectivity index (χ2n) is 8.88. The zero-order chi connectivity index (χ0) is 22.8. The van der Waals surface area contributed by atoms with Crippen LogP contribution in [0.2, 0.25) is 0 Å². The molecule has 1 aliphatic rings. The van der Waals surface area contributed by atoms with Crippen molar-refractivity contribution in [1.82, 2.24) is 0 Å². The Morgan fingerprint density at radius 3 is 1.70 bits per heavy atom. The van der Waals surface area contributed by atoms with Crippen LogP contribution >= 0.6 is 0 Å². The van der Waals surface area contributed by atoms with Gasteiger partial charge < -0.3 is 0 Å². The third-order valence-electron chi connectivity index (χ3n) is 6.41. The SMILES string of the molecule is Cc1ccc(C(O)(/C([Se]c2ccccc2)=C2/CC2c2ccccc2)c2ccc(C)cc2)cc1. The molecule has 1 saturated carbocycles. The van der Waals surface area contributed by atoms with E-state index in [1.807, 2.05) is 0 Å². The fourth-order valence-electron chi connectivity index (χ4n) is 4.41. The van der Waals surface area contributed by atoms with E-state index in [0.717, 1.165) is 17.5 Å². The van der Waals surface area contributed by atoms with Gasteiger partial charge in [-0.1, -0.05) is 0 Å². The van der Waals surface area contributed by atoms with E-state index in [9.17, 15) is 5.11 Å². The Hall–Kier alpha value is -2.90. The molecule has 1 unspecified atom stereocenters. The molecular formula is C31H28OSe. The molecule has 164 valence electrons. The van der Waals surface area contributed by atoms with Crippen molar-refractivity contribution in [2.75, 3.05) is 0 Å². The van der Waals surface area contributed by atoms with Crippen molar-refractivity contribution in [2.45, 2.75) is 31.8 Å². The standard InChI is InChI=1S/C31H28OSe/c1-22-13-17-25(18-14-22)31(32,26-19-15-23(2)16-20-26)30(33-27-11-7-4-8-12-27)29-21-28(29)24-9-5-3-6-10-24/h3-20,28,32H,21H2,1-2H3/b30-29+. The van der Waals surface area contributed by atoms with Gasteiger partial charge in [-0.3, -0.25) is 0 Å². The number of hydrogen-bond acceptors (Lipinski definition) is 1. The maximum absolute atomic E-state index is 12.7. The van der Waals surface area contributed by atoms with Crippen LogP contribution in [0.1, 0.15) is 40.2 Å². The summed E-state index contributed by atoms with van der Waals surface area (Å²) in [4.78, 5) is 0. The van der Waals surface area contributed by atoms with Crippen LogP contribution in [0.4, 0.5) is 0 Å². The van der Waals surface area contributed by atoms with Crippen molar-refractivity contribution >= 4 is 19.4 Å². The summed E-state index contributed by atoms with van der Waals surface area (Å²) >= 11 is -0.00928. The summed E-state index contributed by atoms with van der Waals surface area (Å²) < 4.78 is 2.45. The van der Waals surface area contributed by atoms with Crippen LogP contribution in [0.5, 0.6) is 0 Å². The second-order valence-corrected chi connectivity index (χ2v) is 11.2. The quantitative estimate of drug-likeness (QED) is 0.325. The maximum atomic E-state index is 12.7. The van der Waals surface area contributed by atoms with E-state index in [1.54, 1.807) is 0 Å². The van der Waals surface area contributed by atoms with Crippen LogP contribution in [0.3, 0.4) is 0 Å². The van der Waals surface area contributed by atoms with E-state index in [1.165, 1.54) is 31.2 Å². The Kier molecular flexibility index (Phi) is 6.08. The van der Waals surface area contributed by atoms with E-state index >= 15 is 0 Å². The average molecular weight is 496 g/mol. The van der Waals surface area contributed by atoms with Gasteiger partial charge in [0.15, 0.2) is 0 Å². The van der Waals surface area contributed by atoms with Gasteiger partial charge in [-0.15, -0.1) is 0 Å². The van der Waals surface area contributed by atoms with Crippen molar-refractivity contribution in [1.29, 1.82) is 0 Å². The third-order valence-corrected chi connectivity index (χ3v) is 9.07. The third kappa shape index (κ3) is 4.48. The van der Waals surface area contributed by atoms with Crippen molar-refractivity contribution in [3.63, 3.8) is 0 Å². The first kappa shape index (κ1) is 21.9. The molecule has 1 aliphatic carbocycles. The fourth-order valence-corrected chi connectivity index (χ4v) is 7.08. The van der Waals surface area contributed by atoms with E-state index in [2.05, 4.69) is 123 Å². The Balaban J connectivity index is 1.70. The first-order valence-corrected chi connectivity index (χ1v) is 13.1. The van der Waals surface area contributed by atoms with Gasteiger partial charge in [-0.25, -0.2) is 0 Å². The van der Waals surface area contributed by atoms with Crippen molar-refractivity contribution in [3.05, 3.63) is 147 Å². The topological polar surface area (TPSA) is 20.2 Å². The van der Waals surface area contributed by atoms with E-state index in [0.29, 0.717) is 5.92 Å². The number of hydrogen-bond donors (Lipinski definition) is 1. The van der Waals surface area contributed by atoms with Gasteiger partial charge in [0.05, 0.1) is 0 Å². The van der Waals surface area contributed by atoms with Gasteiger partial charge in [0.25, 0.3) is 0 Å². The number of aryl methyl sites for hydroxylation is 2. The Morgan fingerprint density at radius 2 is 1.18 bits per heavy atom. The molecule has 33 heavy (non-hydrogen) atoms. The molecule has 1 N–H and O–H groups in total. The van der Waals surface area contributed by atoms with Crippen LogP contribution < -0.4 is 4.46 Å². The summed E-state index contributed by atoms with van der Waals surface area (Å²) in [5, 5.41) is 12.7. The molecule has 0 bridgehead atoms. The van der Waals surface area contributed by atoms with E-state index in [4.69, 9.17) is 0 Å². The Morgan fingerprint density at radius 1 is 0.697 bits per heavy atom. The molecule has 5 rings (SSSR count). The summed E-state index contributed by atoms with van der Waals surface area (Å²) in [6.45, 7) is 4.18. The van der Waals surface area contributed by atoms with Crippen LogP contribution in [0.15, 0.2) is 119 Å². The monoisotopic (exact) mass is 496 g/mol. The fraction of sp³-hybridized carbons (Fsp3) is 0.161. The van der Waals surface area contributed by atoms with Crippen molar-refractivity contribution < 1.29 is 5.11 Å². The summed E-state index contributed by atoms with van der Waals surface area (Å²) in [5.74, 6) is 0.384. The van der Waals surface area contributed by atoms with Gasteiger partial charge in [-0.2, -0.15) is 0 Å². The zero-order valence-corrected chi connectivity index (χ0v) is 20.7. The molecule has 2 heteroatoms. The van der Waals surface area contributed by atoms with E-state index in [-0.39, 0.29) is 15.0 Å². The summed E-state index contributed by atoms with van der Waals surface area (Å²) in [5.41, 5.74) is 5.84. The zero-order valence-electron chi connectivity index (χ0n) is 19.0. The molecule has 0 radical (unpaired) electrons. The molecule has 0 saturated heterocycles. The molecule has 0 amide bonds. The number of rotatable bonds is 6. The molecule has 0 spiro atoms. The number of benzene rings is 4. The minimum atomic E-state index is -1.16. The molecular weight excluding hydrogens is 467 g/mol. The first-order valence-electron chi connectivity index (χ1n) is 11.4. The average Bonchev–Trinajstić information content (AvgIpc) is 3.65. The van der Waals surface area contributed by atoms with Crippen LogP contribution in [0.25, 0.3) is 0 Å². The number of aliphatic hydroxyl groups is 1. The summed E-state index contributed by atoms with van der Waals surface area (Å²) in [7, 11) is 0. The second kappa shape index (κ2) is 9.15. The van der Waals surface area contributed by atoms with Crippen LogP contribution in [-0.2, 0) is 5.60 Å². The molecule has 4 aromatic rings. The number of allylic oxidation sites excluding steroid dienone is 1. The van der Waals surface area contributed by atoms with Crippen molar-refractivity contribution in [2.24, 2.45) is 0 Å². The first-order chi connectivity index (χ1) is 16.1. The van der Waals surface area contributed by atoms with Crippen LogP contribution in [0, 0.1) is 13.8 Å². The molecule has 4 aromatic carbocycles. The van der Waals surface area contributed by atoms with Gasteiger partial charge in [0.2, 0.25) is 0 Å². The Labute approximate surface area is 203 Å². The van der Waals surface area contributed by atoms with Gasteiger partial charge in [0, 0.05) is 0 Å². The predicted octanol–water partition coefficient (Wildman–Crippen LogP) is 6.01.